The van der Waals surface area contributed by atoms with Crippen molar-refractivity contribution in [3.05, 3.63) is 41.1 Å². The molecule has 0 atom stereocenters. The van der Waals surface area contributed by atoms with Gasteiger partial charge in [0.05, 0.1) is 25.5 Å². The Labute approximate surface area is 182 Å². The molecule has 0 unspecified atom stereocenters. The van der Waals surface area contributed by atoms with Crippen LogP contribution < -0.4 is 14.8 Å². The molecule has 1 aliphatic carbocycles. The van der Waals surface area contributed by atoms with Crippen LogP contribution in [0.5, 0.6) is 11.5 Å². The fraction of sp³-hybridized carbons (Fsp3) is 0.435. The first kappa shape index (κ1) is 22.0. The first-order valence-corrected chi connectivity index (χ1v) is 11.2. The minimum absolute atomic E-state index is 0.126. The molecule has 1 aromatic heterocycles. The van der Waals surface area contributed by atoms with Gasteiger partial charge in [-0.3, -0.25) is 4.79 Å². The maximum atomic E-state index is 12.4. The molecule has 0 saturated carbocycles. The van der Waals surface area contributed by atoms with Crippen LogP contribution in [0.3, 0.4) is 0 Å². The lowest BCUT2D eigenvalue weighted by molar-refractivity contribution is -0.115. The summed E-state index contributed by atoms with van der Waals surface area (Å²) in [6, 6.07) is 9.53. The number of hydrogen-bond acceptors (Lipinski definition) is 6. The summed E-state index contributed by atoms with van der Waals surface area (Å²) >= 11 is 1.46. The van der Waals surface area contributed by atoms with E-state index in [0.717, 1.165) is 36.4 Å². The van der Waals surface area contributed by atoms with Crippen LogP contribution in [0.2, 0.25) is 0 Å². The molecule has 0 spiro atoms. The molecule has 158 valence electrons. The minimum Gasteiger partial charge on any atom is -0.497 e. The van der Waals surface area contributed by atoms with Crippen molar-refractivity contribution in [3.8, 4) is 17.6 Å². The van der Waals surface area contributed by atoms with E-state index in [2.05, 4.69) is 11.4 Å². The number of thioether (sulfide) groups is 1. The summed E-state index contributed by atoms with van der Waals surface area (Å²) in [5, 5.41) is 13.1. The normalized spacial score (nSPS) is 13.4. The van der Waals surface area contributed by atoms with E-state index in [-0.39, 0.29) is 5.91 Å². The second-order valence-corrected chi connectivity index (χ2v) is 8.27. The van der Waals surface area contributed by atoms with Crippen molar-refractivity contribution >= 4 is 23.4 Å². The highest BCUT2D eigenvalue weighted by Gasteiger charge is 2.15. The number of amides is 1. The van der Waals surface area contributed by atoms with Gasteiger partial charge in [-0.2, -0.15) is 5.26 Å². The van der Waals surface area contributed by atoms with Crippen LogP contribution in [0.1, 0.15) is 48.9 Å². The van der Waals surface area contributed by atoms with Crippen LogP contribution >= 0.6 is 11.8 Å². The van der Waals surface area contributed by atoms with E-state index in [1.54, 1.807) is 32.4 Å². The van der Waals surface area contributed by atoms with Gasteiger partial charge in [-0.05, 0) is 49.4 Å². The van der Waals surface area contributed by atoms with E-state index in [4.69, 9.17) is 14.5 Å². The van der Waals surface area contributed by atoms with Gasteiger partial charge in [0.25, 0.3) is 0 Å². The highest BCUT2D eigenvalue weighted by Crippen LogP contribution is 2.30. The topological polar surface area (TPSA) is 84.2 Å². The predicted octanol–water partition coefficient (Wildman–Crippen LogP) is 4.75. The fourth-order valence-electron chi connectivity index (χ4n) is 3.52. The summed E-state index contributed by atoms with van der Waals surface area (Å²) in [5.41, 5.74) is 3.50. The number of nitrogens with zero attached hydrogens (tertiary/aromatic N) is 2. The molecule has 0 fully saturated rings. The molecule has 0 aliphatic heterocycles. The zero-order chi connectivity index (χ0) is 21.3. The third kappa shape index (κ3) is 5.67. The molecule has 0 bridgehead atoms. The van der Waals surface area contributed by atoms with Gasteiger partial charge in [0, 0.05) is 23.9 Å². The summed E-state index contributed by atoms with van der Waals surface area (Å²) in [6.45, 7) is 0. The van der Waals surface area contributed by atoms with Crippen molar-refractivity contribution in [1.29, 1.82) is 5.26 Å². The average molecular weight is 426 g/mol. The molecule has 1 heterocycles. The standard InChI is InChI=1S/C23H27N3O3S/c1-28-18-9-10-21(29-2)20(14-18)25-22(27)11-12-30-23-17(15-24)13-16-7-5-3-4-6-8-19(16)26-23/h9-10,13-14H,3-8,11-12H2,1-2H3,(H,25,27). The smallest absolute Gasteiger partial charge is 0.225 e. The van der Waals surface area contributed by atoms with Gasteiger partial charge >= 0.3 is 0 Å². The number of methoxy groups -OCH3 is 2. The Morgan fingerprint density at radius 1 is 1.17 bits per heavy atom. The SMILES string of the molecule is COc1ccc(OC)c(NC(=O)CCSc2nc3c(cc2C#N)CCCCCC3)c1. The molecule has 1 aromatic carbocycles. The van der Waals surface area contributed by atoms with Crippen molar-refractivity contribution in [3.63, 3.8) is 0 Å². The lowest BCUT2D eigenvalue weighted by atomic mass is 9.96. The molecule has 30 heavy (non-hydrogen) atoms. The number of carbonyl (C=O) groups excluding carboxylic acids is 1. The molecule has 0 saturated heterocycles. The number of pyridine rings is 1. The Kier molecular flexibility index (Phi) is 7.97. The van der Waals surface area contributed by atoms with E-state index in [9.17, 15) is 10.1 Å². The lowest BCUT2D eigenvalue weighted by Gasteiger charge is -2.15. The average Bonchev–Trinajstić information content (AvgIpc) is 2.74. The molecule has 1 aliphatic rings. The molecular weight excluding hydrogens is 398 g/mol. The number of nitriles is 1. The number of benzene rings is 1. The number of hydrogen-bond donors (Lipinski definition) is 1. The Bertz CT molecular complexity index is 940. The van der Waals surface area contributed by atoms with Crippen LogP contribution in [-0.4, -0.2) is 30.9 Å². The Morgan fingerprint density at radius 2 is 1.97 bits per heavy atom. The van der Waals surface area contributed by atoms with Crippen molar-refractivity contribution in [2.45, 2.75) is 50.0 Å². The summed E-state index contributed by atoms with van der Waals surface area (Å²) < 4.78 is 10.5. The molecule has 6 nitrogen and oxygen atoms in total. The minimum atomic E-state index is -0.126. The monoisotopic (exact) mass is 425 g/mol. The van der Waals surface area contributed by atoms with Crippen LogP contribution in [0.4, 0.5) is 5.69 Å². The molecule has 2 aromatic rings. The van der Waals surface area contributed by atoms with Gasteiger partial charge < -0.3 is 14.8 Å². The number of anilines is 1. The summed E-state index contributed by atoms with van der Waals surface area (Å²) in [7, 11) is 3.13. The third-order valence-electron chi connectivity index (χ3n) is 5.13. The lowest BCUT2D eigenvalue weighted by Crippen LogP contribution is -2.13. The van der Waals surface area contributed by atoms with Crippen molar-refractivity contribution in [2.75, 3.05) is 25.3 Å². The van der Waals surface area contributed by atoms with Crippen LogP contribution in [0, 0.1) is 11.3 Å². The van der Waals surface area contributed by atoms with Crippen molar-refractivity contribution in [2.24, 2.45) is 0 Å². The number of fused-ring (bicyclic) bond motifs is 1. The summed E-state index contributed by atoms with van der Waals surface area (Å²) in [6.07, 6.45) is 7.02. The zero-order valence-electron chi connectivity index (χ0n) is 17.5. The van der Waals surface area contributed by atoms with E-state index in [1.807, 2.05) is 6.07 Å². The highest BCUT2D eigenvalue weighted by atomic mass is 32.2. The molecule has 3 rings (SSSR count). The number of carbonyl (C=O) groups is 1. The van der Waals surface area contributed by atoms with E-state index >= 15 is 0 Å². The molecule has 1 N–H and O–H groups in total. The summed E-state index contributed by atoms with van der Waals surface area (Å²) in [4.78, 5) is 17.2. The van der Waals surface area contributed by atoms with Gasteiger partial charge in [0.1, 0.15) is 22.6 Å². The van der Waals surface area contributed by atoms with Gasteiger partial charge in [-0.15, -0.1) is 11.8 Å². The second kappa shape index (κ2) is 10.9. The summed E-state index contributed by atoms with van der Waals surface area (Å²) in [5.74, 6) is 1.63. The first-order valence-electron chi connectivity index (χ1n) is 10.2. The van der Waals surface area contributed by atoms with Crippen molar-refractivity contribution in [1.82, 2.24) is 4.98 Å². The van der Waals surface area contributed by atoms with Gasteiger partial charge in [-0.1, -0.05) is 12.8 Å². The Hall–Kier alpha value is -2.72. The molecule has 0 radical (unpaired) electrons. The number of rotatable bonds is 7. The molecule has 1 amide bonds. The number of aromatic nitrogens is 1. The molecule has 7 heteroatoms. The largest absolute Gasteiger partial charge is 0.497 e. The Morgan fingerprint density at radius 3 is 2.70 bits per heavy atom. The second-order valence-electron chi connectivity index (χ2n) is 7.19. The fourth-order valence-corrected chi connectivity index (χ4v) is 4.44. The van der Waals surface area contributed by atoms with Crippen LogP contribution in [0.25, 0.3) is 0 Å². The maximum Gasteiger partial charge on any atom is 0.225 e. The van der Waals surface area contributed by atoms with Crippen LogP contribution in [-0.2, 0) is 17.6 Å². The number of aryl methyl sites for hydroxylation is 2. The maximum absolute atomic E-state index is 12.4. The third-order valence-corrected chi connectivity index (χ3v) is 6.13. The van der Waals surface area contributed by atoms with E-state index < -0.39 is 0 Å². The van der Waals surface area contributed by atoms with Gasteiger partial charge in [-0.25, -0.2) is 4.98 Å². The Balaban J connectivity index is 1.63. The predicted molar refractivity (Wildman–Crippen MR) is 118 cm³/mol. The quantitative estimate of drug-likeness (QED) is 0.645. The van der Waals surface area contributed by atoms with Crippen LogP contribution in [0.15, 0.2) is 29.3 Å². The zero-order valence-corrected chi connectivity index (χ0v) is 18.3. The van der Waals surface area contributed by atoms with E-state index in [0.29, 0.717) is 34.9 Å². The highest BCUT2D eigenvalue weighted by molar-refractivity contribution is 7.99. The first-order chi connectivity index (χ1) is 14.6. The van der Waals surface area contributed by atoms with Gasteiger partial charge in [0.15, 0.2) is 0 Å². The number of nitrogens with one attached hydrogen (secondary N) is 1. The number of ether oxygens (including phenoxy) is 2. The van der Waals surface area contributed by atoms with Gasteiger partial charge in [0.2, 0.25) is 5.91 Å². The van der Waals surface area contributed by atoms with Crippen molar-refractivity contribution < 1.29 is 14.3 Å². The molecular formula is C23H27N3O3S. The van der Waals surface area contributed by atoms with E-state index in [1.165, 1.54) is 30.2 Å².